The van der Waals surface area contributed by atoms with Crippen molar-refractivity contribution >= 4 is 23.5 Å². The number of hydrogen-bond donors (Lipinski definition) is 0. The maximum absolute atomic E-state index is 2.32. The van der Waals surface area contributed by atoms with E-state index in [0.717, 1.165) is 15.7 Å². The van der Waals surface area contributed by atoms with Crippen molar-refractivity contribution in [3.63, 3.8) is 0 Å². The van der Waals surface area contributed by atoms with Crippen molar-refractivity contribution < 1.29 is 0 Å². The second kappa shape index (κ2) is 3.20. The topological polar surface area (TPSA) is 0 Å². The standard InChI is InChI=1S/C7H14S2/c1-5(2)7-8-4-6(3)9-7/h5-7H,4H2,1-3H3/t6-,7-/m1/s1. The number of hydrogen-bond acceptors (Lipinski definition) is 2. The van der Waals surface area contributed by atoms with Crippen molar-refractivity contribution in [3.05, 3.63) is 0 Å². The molecule has 0 saturated carbocycles. The Balaban J connectivity index is 2.30. The summed E-state index contributed by atoms with van der Waals surface area (Å²) < 4.78 is 0.875. The maximum atomic E-state index is 2.32. The lowest BCUT2D eigenvalue weighted by atomic mass is 10.3. The highest BCUT2D eigenvalue weighted by atomic mass is 32.2. The zero-order valence-corrected chi connectivity index (χ0v) is 7.89. The summed E-state index contributed by atoms with van der Waals surface area (Å²) in [4.78, 5) is 0. The van der Waals surface area contributed by atoms with E-state index in [-0.39, 0.29) is 0 Å². The third-order valence-electron chi connectivity index (χ3n) is 1.41. The summed E-state index contributed by atoms with van der Waals surface area (Å²) in [5.74, 6) is 2.21. The van der Waals surface area contributed by atoms with Crippen molar-refractivity contribution in [2.24, 2.45) is 5.92 Å². The summed E-state index contributed by atoms with van der Waals surface area (Å²) in [7, 11) is 0. The first kappa shape index (κ1) is 7.80. The maximum Gasteiger partial charge on any atom is 0.0528 e. The third kappa shape index (κ3) is 2.08. The van der Waals surface area contributed by atoms with Crippen LogP contribution in [0.2, 0.25) is 0 Å². The van der Waals surface area contributed by atoms with Gasteiger partial charge in [0.2, 0.25) is 0 Å². The van der Waals surface area contributed by atoms with Gasteiger partial charge >= 0.3 is 0 Å². The normalized spacial score (nSPS) is 36.0. The van der Waals surface area contributed by atoms with Gasteiger partial charge in [-0.25, -0.2) is 0 Å². The van der Waals surface area contributed by atoms with Crippen LogP contribution < -0.4 is 0 Å². The van der Waals surface area contributed by atoms with E-state index >= 15 is 0 Å². The lowest BCUT2D eigenvalue weighted by Crippen LogP contribution is -2.02. The summed E-state index contributed by atoms with van der Waals surface area (Å²) in [6.07, 6.45) is 0. The second-order valence-corrected chi connectivity index (χ2v) is 5.95. The molecule has 1 aliphatic rings. The van der Waals surface area contributed by atoms with Gasteiger partial charge in [-0.3, -0.25) is 0 Å². The molecule has 0 spiro atoms. The third-order valence-corrected chi connectivity index (χ3v) is 5.37. The van der Waals surface area contributed by atoms with Crippen molar-refractivity contribution in [2.45, 2.75) is 30.6 Å². The lowest BCUT2D eigenvalue weighted by molar-refractivity contribution is 0.723. The van der Waals surface area contributed by atoms with Gasteiger partial charge in [-0.15, -0.1) is 23.5 Å². The van der Waals surface area contributed by atoms with Crippen LogP contribution in [-0.2, 0) is 0 Å². The van der Waals surface area contributed by atoms with E-state index in [1.54, 1.807) is 0 Å². The SMILES string of the molecule is CC(C)[C@@H]1SC[C@@H](C)S1. The highest BCUT2D eigenvalue weighted by Crippen LogP contribution is 2.41. The molecule has 9 heavy (non-hydrogen) atoms. The fourth-order valence-electron chi connectivity index (χ4n) is 0.887. The minimum atomic E-state index is 0.852. The van der Waals surface area contributed by atoms with Gasteiger partial charge in [0.05, 0.1) is 4.58 Å². The first-order valence-electron chi connectivity index (χ1n) is 3.47. The Hall–Kier alpha value is 0.700. The molecule has 1 saturated heterocycles. The molecule has 1 fully saturated rings. The molecule has 0 aromatic heterocycles. The van der Waals surface area contributed by atoms with E-state index in [0.29, 0.717) is 0 Å². The van der Waals surface area contributed by atoms with E-state index in [4.69, 9.17) is 0 Å². The summed E-state index contributed by atoms with van der Waals surface area (Å²) in [6.45, 7) is 6.94. The Bertz CT molecular complexity index is 90.9. The van der Waals surface area contributed by atoms with Gasteiger partial charge in [0, 0.05) is 11.0 Å². The van der Waals surface area contributed by atoms with Gasteiger partial charge in [0.15, 0.2) is 0 Å². The molecule has 1 heterocycles. The van der Waals surface area contributed by atoms with Gasteiger partial charge in [-0.1, -0.05) is 20.8 Å². The van der Waals surface area contributed by atoms with Crippen LogP contribution in [0.25, 0.3) is 0 Å². The van der Waals surface area contributed by atoms with Crippen molar-refractivity contribution in [1.82, 2.24) is 0 Å². The Morgan fingerprint density at radius 3 is 2.33 bits per heavy atom. The highest BCUT2D eigenvalue weighted by Gasteiger charge is 2.24. The average Bonchev–Trinajstić information content (AvgIpc) is 2.14. The fraction of sp³-hybridized carbons (Fsp3) is 1.00. The Morgan fingerprint density at radius 1 is 1.44 bits per heavy atom. The van der Waals surface area contributed by atoms with Crippen LogP contribution in [0.3, 0.4) is 0 Å². The summed E-state index contributed by atoms with van der Waals surface area (Å²) in [5.41, 5.74) is 0. The van der Waals surface area contributed by atoms with Crippen molar-refractivity contribution in [2.75, 3.05) is 5.75 Å². The summed E-state index contributed by atoms with van der Waals surface area (Å²) in [6, 6.07) is 0. The van der Waals surface area contributed by atoms with Gasteiger partial charge < -0.3 is 0 Å². The number of rotatable bonds is 1. The van der Waals surface area contributed by atoms with Gasteiger partial charge in [-0.05, 0) is 5.92 Å². The van der Waals surface area contributed by atoms with Crippen LogP contribution in [0.4, 0.5) is 0 Å². The largest absolute Gasteiger partial charge is 0.146 e. The van der Waals surface area contributed by atoms with E-state index in [1.807, 2.05) is 0 Å². The van der Waals surface area contributed by atoms with Crippen LogP contribution in [-0.4, -0.2) is 15.6 Å². The van der Waals surface area contributed by atoms with Crippen LogP contribution >= 0.6 is 23.5 Å². The summed E-state index contributed by atoms with van der Waals surface area (Å²) >= 11 is 4.26. The number of thioether (sulfide) groups is 2. The molecule has 0 bridgehead atoms. The predicted octanol–water partition coefficient (Wildman–Crippen LogP) is 2.84. The first-order valence-corrected chi connectivity index (χ1v) is 5.46. The molecule has 0 N–H and O–H groups in total. The molecule has 0 nitrogen and oxygen atoms in total. The van der Waals surface area contributed by atoms with Gasteiger partial charge in [0.1, 0.15) is 0 Å². The molecule has 1 rings (SSSR count). The van der Waals surface area contributed by atoms with E-state index in [1.165, 1.54) is 5.75 Å². The zero-order chi connectivity index (χ0) is 6.85. The minimum Gasteiger partial charge on any atom is -0.146 e. The summed E-state index contributed by atoms with van der Waals surface area (Å²) in [5, 5.41) is 0.891. The van der Waals surface area contributed by atoms with E-state index in [9.17, 15) is 0 Å². The van der Waals surface area contributed by atoms with Crippen molar-refractivity contribution in [1.29, 1.82) is 0 Å². The first-order chi connectivity index (χ1) is 4.20. The molecule has 0 aliphatic carbocycles. The van der Waals surface area contributed by atoms with E-state index < -0.39 is 0 Å². The molecular weight excluding hydrogens is 148 g/mol. The van der Waals surface area contributed by atoms with Crippen LogP contribution in [0.5, 0.6) is 0 Å². The molecule has 0 unspecified atom stereocenters. The van der Waals surface area contributed by atoms with Crippen molar-refractivity contribution in [3.8, 4) is 0 Å². The Labute approximate surface area is 66.2 Å². The van der Waals surface area contributed by atoms with Crippen LogP contribution in [0.1, 0.15) is 20.8 Å². The molecule has 0 amide bonds. The molecular formula is C7H14S2. The zero-order valence-electron chi connectivity index (χ0n) is 6.26. The molecule has 1 aliphatic heterocycles. The van der Waals surface area contributed by atoms with Crippen LogP contribution in [0, 0.1) is 5.92 Å². The fourth-order valence-corrected chi connectivity index (χ4v) is 4.17. The van der Waals surface area contributed by atoms with Gasteiger partial charge in [-0.2, -0.15) is 0 Å². The monoisotopic (exact) mass is 162 g/mol. The lowest BCUT2D eigenvalue weighted by Gasteiger charge is -2.11. The molecule has 0 radical (unpaired) electrons. The highest BCUT2D eigenvalue weighted by molar-refractivity contribution is 8.20. The molecule has 54 valence electrons. The van der Waals surface area contributed by atoms with E-state index in [2.05, 4.69) is 44.3 Å². The second-order valence-electron chi connectivity index (χ2n) is 2.89. The van der Waals surface area contributed by atoms with Gasteiger partial charge in [0.25, 0.3) is 0 Å². The Kier molecular flexibility index (Phi) is 2.77. The molecule has 2 heteroatoms. The quantitative estimate of drug-likeness (QED) is 0.581. The van der Waals surface area contributed by atoms with Crippen LogP contribution in [0.15, 0.2) is 0 Å². The Morgan fingerprint density at radius 2 is 2.11 bits per heavy atom. The smallest absolute Gasteiger partial charge is 0.0528 e. The molecule has 0 aromatic carbocycles. The minimum absolute atomic E-state index is 0.852. The molecule has 0 aromatic rings. The average molecular weight is 162 g/mol. The molecule has 2 atom stereocenters. The predicted molar refractivity (Wildman–Crippen MR) is 48.1 cm³/mol.